The Balaban J connectivity index is 1.69. The molecule has 1 aromatic heterocycles. The first-order valence-electron chi connectivity index (χ1n) is 8.48. The largest absolute Gasteiger partial charge is 0.378 e. The van der Waals surface area contributed by atoms with Gasteiger partial charge in [-0.2, -0.15) is 4.98 Å². The van der Waals surface area contributed by atoms with Crippen molar-refractivity contribution in [1.29, 1.82) is 0 Å². The maximum atomic E-state index is 5.78. The molecule has 0 bridgehead atoms. The second kappa shape index (κ2) is 6.88. The molecule has 5 nitrogen and oxygen atoms in total. The predicted octanol–water partition coefficient (Wildman–Crippen LogP) is 2.60. The van der Waals surface area contributed by atoms with Crippen LogP contribution in [0.4, 0.5) is 0 Å². The van der Waals surface area contributed by atoms with Gasteiger partial charge in [0.05, 0.1) is 11.5 Å². The molecule has 0 radical (unpaired) electrons. The van der Waals surface area contributed by atoms with E-state index in [4.69, 9.17) is 14.2 Å². The highest BCUT2D eigenvalue weighted by Gasteiger charge is 2.38. The molecule has 1 unspecified atom stereocenters. The highest BCUT2D eigenvalue weighted by Crippen LogP contribution is 2.37. The molecule has 2 aliphatic heterocycles. The van der Waals surface area contributed by atoms with Crippen molar-refractivity contribution in [1.82, 2.24) is 15.5 Å². The molecule has 21 heavy (non-hydrogen) atoms. The summed E-state index contributed by atoms with van der Waals surface area (Å²) in [6.07, 6.45) is 9.11. The fourth-order valence-corrected chi connectivity index (χ4v) is 3.68. The number of ether oxygens (including phenoxy) is 1. The minimum Gasteiger partial charge on any atom is -0.378 e. The predicted molar refractivity (Wildman–Crippen MR) is 80.3 cm³/mol. The molecule has 3 heterocycles. The maximum absolute atomic E-state index is 5.78. The van der Waals surface area contributed by atoms with E-state index in [1.54, 1.807) is 0 Å². The molecular weight excluding hydrogens is 266 g/mol. The summed E-state index contributed by atoms with van der Waals surface area (Å²) in [5, 5.41) is 7.66. The summed E-state index contributed by atoms with van der Waals surface area (Å²) in [6.45, 7) is 5.20. The van der Waals surface area contributed by atoms with E-state index in [0.717, 1.165) is 69.9 Å². The molecule has 2 fully saturated rings. The molecule has 1 aromatic rings. The van der Waals surface area contributed by atoms with E-state index in [-0.39, 0.29) is 11.5 Å². The average Bonchev–Trinajstić information content (AvgIpc) is 2.99. The Hall–Kier alpha value is -0.940. The lowest BCUT2D eigenvalue weighted by atomic mass is 9.75. The van der Waals surface area contributed by atoms with Gasteiger partial charge in [-0.1, -0.05) is 18.5 Å². The number of nitrogens with zero attached hydrogens (tertiary/aromatic N) is 2. The minimum atomic E-state index is 0.0959. The van der Waals surface area contributed by atoms with E-state index < -0.39 is 0 Å². The highest BCUT2D eigenvalue weighted by molar-refractivity contribution is 5.08. The molecule has 1 atom stereocenters. The first-order chi connectivity index (χ1) is 10.3. The van der Waals surface area contributed by atoms with E-state index in [9.17, 15) is 0 Å². The third kappa shape index (κ3) is 3.46. The average molecular weight is 293 g/mol. The Morgan fingerprint density at radius 2 is 2.14 bits per heavy atom. The second-order valence-corrected chi connectivity index (χ2v) is 6.49. The Bertz CT molecular complexity index is 429. The molecular formula is C16H27N3O2. The Morgan fingerprint density at radius 1 is 1.29 bits per heavy atom. The third-order valence-corrected chi connectivity index (χ3v) is 4.90. The van der Waals surface area contributed by atoms with Crippen LogP contribution in [-0.2, 0) is 16.6 Å². The Morgan fingerprint density at radius 3 is 2.86 bits per heavy atom. The van der Waals surface area contributed by atoms with Crippen molar-refractivity contribution in [2.45, 2.75) is 69.8 Å². The number of aromatic nitrogens is 2. The number of piperidine rings is 1. The van der Waals surface area contributed by atoms with Crippen LogP contribution in [0.5, 0.6) is 0 Å². The summed E-state index contributed by atoms with van der Waals surface area (Å²) in [4.78, 5) is 4.73. The quantitative estimate of drug-likeness (QED) is 0.904. The molecule has 5 heteroatoms. The smallest absolute Gasteiger partial charge is 0.232 e. The molecule has 0 amide bonds. The molecule has 2 aliphatic rings. The number of hydrogen-bond acceptors (Lipinski definition) is 5. The van der Waals surface area contributed by atoms with E-state index in [1.165, 1.54) is 12.8 Å². The van der Waals surface area contributed by atoms with Gasteiger partial charge in [0.15, 0.2) is 5.82 Å². The zero-order valence-corrected chi connectivity index (χ0v) is 13.1. The second-order valence-electron chi connectivity index (χ2n) is 6.49. The van der Waals surface area contributed by atoms with Gasteiger partial charge in [0, 0.05) is 13.0 Å². The van der Waals surface area contributed by atoms with Crippen LogP contribution in [0.3, 0.4) is 0 Å². The molecule has 0 spiro atoms. The lowest BCUT2D eigenvalue weighted by Gasteiger charge is -2.34. The molecule has 118 valence electrons. The zero-order valence-electron chi connectivity index (χ0n) is 13.1. The summed E-state index contributed by atoms with van der Waals surface area (Å²) >= 11 is 0. The van der Waals surface area contributed by atoms with Crippen molar-refractivity contribution in [2.24, 2.45) is 0 Å². The van der Waals surface area contributed by atoms with E-state index in [1.807, 2.05) is 0 Å². The minimum absolute atomic E-state index is 0.0959. The van der Waals surface area contributed by atoms with Gasteiger partial charge in [-0.05, 0) is 51.6 Å². The maximum Gasteiger partial charge on any atom is 0.232 e. The van der Waals surface area contributed by atoms with E-state index in [0.29, 0.717) is 0 Å². The van der Waals surface area contributed by atoms with Crippen LogP contribution in [0.1, 0.15) is 63.6 Å². The zero-order chi connectivity index (χ0) is 14.5. The van der Waals surface area contributed by atoms with Crippen molar-refractivity contribution in [2.75, 3.05) is 19.7 Å². The van der Waals surface area contributed by atoms with Crippen LogP contribution in [0.15, 0.2) is 4.52 Å². The standard InChI is InChI=1S/C16H27N3O2/c1-2-6-16(7-9-17-10-8-16)15-18-14(19-21-15)12-13-5-3-4-11-20-13/h13,17H,2-12H2,1H3. The molecule has 0 aromatic carbocycles. The third-order valence-electron chi connectivity index (χ3n) is 4.90. The van der Waals surface area contributed by atoms with Gasteiger partial charge >= 0.3 is 0 Å². The van der Waals surface area contributed by atoms with Gasteiger partial charge in [0.1, 0.15) is 0 Å². The van der Waals surface area contributed by atoms with Gasteiger partial charge in [0.25, 0.3) is 0 Å². The van der Waals surface area contributed by atoms with Crippen molar-refractivity contribution in [3.8, 4) is 0 Å². The van der Waals surface area contributed by atoms with Crippen LogP contribution in [-0.4, -0.2) is 35.9 Å². The molecule has 0 saturated carbocycles. The van der Waals surface area contributed by atoms with Gasteiger partial charge in [-0.15, -0.1) is 0 Å². The summed E-state index contributed by atoms with van der Waals surface area (Å²) in [6, 6.07) is 0. The van der Waals surface area contributed by atoms with Crippen molar-refractivity contribution >= 4 is 0 Å². The van der Waals surface area contributed by atoms with Crippen molar-refractivity contribution in [3.63, 3.8) is 0 Å². The molecule has 1 N–H and O–H groups in total. The summed E-state index contributed by atoms with van der Waals surface area (Å²) in [7, 11) is 0. The van der Waals surface area contributed by atoms with Gasteiger partial charge in [-0.25, -0.2) is 0 Å². The molecule has 0 aliphatic carbocycles. The van der Waals surface area contributed by atoms with Crippen LogP contribution >= 0.6 is 0 Å². The number of hydrogen-bond donors (Lipinski definition) is 1. The first kappa shape index (κ1) is 15.0. The van der Waals surface area contributed by atoms with Crippen LogP contribution < -0.4 is 5.32 Å². The van der Waals surface area contributed by atoms with E-state index in [2.05, 4.69) is 17.4 Å². The summed E-state index contributed by atoms with van der Waals surface area (Å²) in [5.41, 5.74) is 0.0959. The number of rotatable bonds is 5. The Labute approximate surface area is 126 Å². The normalized spacial score (nSPS) is 25.9. The SMILES string of the molecule is CCCC1(c2nc(CC3CCCCO3)no2)CCNCC1. The number of nitrogens with one attached hydrogen (secondary N) is 1. The van der Waals surface area contributed by atoms with Crippen LogP contribution in [0.2, 0.25) is 0 Å². The Kier molecular flexibility index (Phi) is 4.91. The van der Waals surface area contributed by atoms with Crippen LogP contribution in [0, 0.1) is 0 Å². The van der Waals surface area contributed by atoms with Crippen molar-refractivity contribution < 1.29 is 9.26 Å². The lowest BCUT2D eigenvalue weighted by Crippen LogP contribution is -2.40. The highest BCUT2D eigenvalue weighted by atomic mass is 16.5. The monoisotopic (exact) mass is 293 g/mol. The molecule has 3 rings (SSSR count). The lowest BCUT2D eigenvalue weighted by molar-refractivity contribution is 0.0153. The van der Waals surface area contributed by atoms with Crippen molar-refractivity contribution in [3.05, 3.63) is 11.7 Å². The van der Waals surface area contributed by atoms with Gasteiger partial charge in [-0.3, -0.25) is 0 Å². The van der Waals surface area contributed by atoms with Gasteiger partial charge in [0.2, 0.25) is 5.89 Å². The fourth-order valence-electron chi connectivity index (χ4n) is 3.68. The molecule has 2 saturated heterocycles. The van der Waals surface area contributed by atoms with Gasteiger partial charge < -0.3 is 14.6 Å². The fraction of sp³-hybridized carbons (Fsp3) is 0.875. The van der Waals surface area contributed by atoms with Crippen LogP contribution in [0.25, 0.3) is 0 Å². The first-order valence-corrected chi connectivity index (χ1v) is 8.48. The summed E-state index contributed by atoms with van der Waals surface area (Å²) in [5.74, 6) is 1.68. The summed E-state index contributed by atoms with van der Waals surface area (Å²) < 4.78 is 11.4. The van der Waals surface area contributed by atoms with E-state index >= 15 is 0 Å². The topological polar surface area (TPSA) is 60.2 Å².